The highest BCUT2D eigenvalue weighted by Crippen LogP contribution is 2.18. The van der Waals surface area contributed by atoms with Crippen molar-refractivity contribution in [3.63, 3.8) is 0 Å². The first-order valence-electron chi connectivity index (χ1n) is 7.26. The average Bonchev–Trinajstić information content (AvgIpc) is 2.73. The van der Waals surface area contributed by atoms with E-state index in [1.165, 1.54) is 4.57 Å². The second-order valence-corrected chi connectivity index (χ2v) is 5.59. The highest BCUT2D eigenvalue weighted by Gasteiger charge is 2.13. The molecule has 6 heteroatoms. The van der Waals surface area contributed by atoms with Gasteiger partial charge < -0.3 is 9.73 Å². The number of amides is 1. The third-order valence-electron chi connectivity index (χ3n) is 3.61. The zero-order chi connectivity index (χ0) is 16.6. The third kappa shape index (κ3) is 3.01. The number of aromatic nitrogens is 2. The molecule has 3 rings (SSSR count). The number of hydrogen-bond donors (Lipinski definition) is 1. The van der Waals surface area contributed by atoms with Crippen LogP contribution in [0.25, 0.3) is 11.1 Å². The molecule has 2 heterocycles. The van der Waals surface area contributed by atoms with Crippen LogP contribution in [0.1, 0.15) is 16.8 Å². The maximum Gasteiger partial charge on any atom is 0.419 e. The van der Waals surface area contributed by atoms with E-state index in [2.05, 4.69) is 10.3 Å². The fourth-order valence-electron chi connectivity index (χ4n) is 2.69. The molecule has 1 aromatic carbocycles. The number of benzene rings is 1. The minimum absolute atomic E-state index is 0.138. The van der Waals surface area contributed by atoms with Crippen LogP contribution in [0.5, 0.6) is 0 Å². The number of aryl methyl sites for hydroxylation is 3. The van der Waals surface area contributed by atoms with Gasteiger partial charge in [-0.2, -0.15) is 0 Å². The van der Waals surface area contributed by atoms with Crippen molar-refractivity contribution >= 4 is 22.8 Å². The number of fused-ring (bicyclic) bond motifs is 1. The summed E-state index contributed by atoms with van der Waals surface area (Å²) in [4.78, 5) is 28.2. The lowest BCUT2D eigenvalue weighted by molar-refractivity contribution is -0.115. The molecule has 118 valence electrons. The van der Waals surface area contributed by atoms with Crippen LogP contribution in [0.4, 0.5) is 5.82 Å². The Bertz CT molecular complexity index is 933. The summed E-state index contributed by atoms with van der Waals surface area (Å²) in [7, 11) is 1.63. The normalized spacial score (nSPS) is 10.9. The fourth-order valence-corrected chi connectivity index (χ4v) is 2.69. The predicted octanol–water partition coefficient (Wildman–Crippen LogP) is 2.32. The Kier molecular flexibility index (Phi) is 3.73. The molecule has 0 aliphatic rings. The Balaban J connectivity index is 1.87. The van der Waals surface area contributed by atoms with Gasteiger partial charge in [0.25, 0.3) is 0 Å². The van der Waals surface area contributed by atoms with Gasteiger partial charge in [-0.25, -0.2) is 9.78 Å². The molecule has 3 aromatic rings. The Morgan fingerprint density at radius 1 is 1.30 bits per heavy atom. The molecule has 0 bridgehead atoms. The third-order valence-corrected chi connectivity index (χ3v) is 3.61. The van der Waals surface area contributed by atoms with E-state index in [1.54, 1.807) is 19.2 Å². The Morgan fingerprint density at radius 3 is 2.83 bits per heavy atom. The van der Waals surface area contributed by atoms with Crippen molar-refractivity contribution in [1.29, 1.82) is 0 Å². The van der Waals surface area contributed by atoms with Gasteiger partial charge in [0.05, 0.1) is 11.9 Å². The first-order chi connectivity index (χ1) is 10.9. The number of para-hydroxylation sites is 1. The molecule has 1 N–H and O–H groups in total. The van der Waals surface area contributed by atoms with E-state index in [4.69, 9.17) is 4.42 Å². The Morgan fingerprint density at radius 2 is 2.09 bits per heavy atom. The van der Waals surface area contributed by atoms with E-state index in [0.29, 0.717) is 16.9 Å². The van der Waals surface area contributed by atoms with Gasteiger partial charge in [0, 0.05) is 12.7 Å². The van der Waals surface area contributed by atoms with Gasteiger partial charge in [-0.3, -0.25) is 9.36 Å². The molecule has 6 nitrogen and oxygen atoms in total. The molecule has 2 aromatic heterocycles. The maximum absolute atomic E-state index is 12.3. The average molecular weight is 311 g/mol. The van der Waals surface area contributed by atoms with Gasteiger partial charge in [-0.1, -0.05) is 12.1 Å². The van der Waals surface area contributed by atoms with Crippen molar-refractivity contribution in [2.24, 2.45) is 7.05 Å². The number of anilines is 1. The summed E-state index contributed by atoms with van der Waals surface area (Å²) in [6, 6.07) is 9.05. The first kappa shape index (κ1) is 15.0. The first-order valence-corrected chi connectivity index (χ1v) is 7.26. The van der Waals surface area contributed by atoms with Crippen LogP contribution in [-0.2, 0) is 18.3 Å². The van der Waals surface area contributed by atoms with E-state index < -0.39 is 5.76 Å². The van der Waals surface area contributed by atoms with Crippen molar-refractivity contribution in [3.8, 4) is 0 Å². The largest absolute Gasteiger partial charge is 0.419 e. The molecule has 0 fully saturated rings. The molecule has 0 unspecified atom stereocenters. The van der Waals surface area contributed by atoms with Crippen LogP contribution >= 0.6 is 0 Å². The number of hydrogen-bond acceptors (Lipinski definition) is 4. The number of pyridine rings is 1. The van der Waals surface area contributed by atoms with Gasteiger partial charge in [0.2, 0.25) is 5.91 Å². The van der Waals surface area contributed by atoms with Crippen molar-refractivity contribution in [2.75, 3.05) is 5.32 Å². The zero-order valence-electron chi connectivity index (χ0n) is 13.2. The Hall–Kier alpha value is -2.89. The monoisotopic (exact) mass is 311 g/mol. The number of nitrogens with one attached hydrogen (secondary N) is 1. The molecule has 0 saturated heterocycles. The molecule has 0 aliphatic heterocycles. The second kappa shape index (κ2) is 5.72. The highest BCUT2D eigenvalue weighted by molar-refractivity contribution is 5.94. The summed E-state index contributed by atoms with van der Waals surface area (Å²) in [6.45, 7) is 3.83. The van der Waals surface area contributed by atoms with Crippen molar-refractivity contribution < 1.29 is 9.21 Å². The van der Waals surface area contributed by atoms with E-state index in [9.17, 15) is 9.59 Å². The van der Waals surface area contributed by atoms with Crippen molar-refractivity contribution in [1.82, 2.24) is 9.55 Å². The quantitative estimate of drug-likeness (QED) is 0.805. The van der Waals surface area contributed by atoms with Gasteiger partial charge in [0.15, 0.2) is 5.58 Å². The SMILES string of the molecule is Cc1cc(C)nc(NC(=O)Cc2cccc3oc(=O)n(C)c23)c1. The van der Waals surface area contributed by atoms with Crippen molar-refractivity contribution in [3.05, 3.63) is 57.7 Å². The van der Waals surface area contributed by atoms with Crippen LogP contribution in [0.15, 0.2) is 39.5 Å². The number of oxazole rings is 1. The van der Waals surface area contributed by atoms with E-state index >= 15 is 0 Å². The zero-order valence-corrected chi connectivity index (χ0v) is 13.2. The molecule has 0 saturated carbocycles. The summed E-state index contributed by atoms with van der Waals surface area (Å²) in [5.74, 6) is -0.103. The lowest BCUT2D eigenvalue weighted by Crippen LogP contribution is -2.17. The summed E-state index contributed by atoms with van der Waals surface area (Å²) in [5.41, 5.74) is 3.73. The standard InChI is InChI=1S/C17H17N3O3/c1-10-7-11(2)18-14(8-10)19-15(21)9-12-5-4-6-13-16(12)20(3)17(22)23-13/h4-8H,9H2,1-3H3,(H,18,19,21). The summed E-state index contributed by atoms with van der Waals surface area (Å²) >= 11 is 0. The molecule has 1 amide bonds. The highest BCUT2D eigenvalue weighted by atomic mass is 16.4. The summed E-state index contributed by atoms with van der Waals surface area (Å²) in [5, 5.41) is 2.79. The van der Waals surface area contributed by atoms with Crippen LogP contribution in [0.2, 0.25) is 0 Å². The second-order valence-electron chi connectivity index (χ2n) is 5.59. The van der Waals surface area contributed by atoms with Crippen LogP contribution in [0.3, 0.4) is 0 Å². The lowest BCUT2D eigenvalue weighted by Gasteiger charge is -2.07. The van der Waals surface area contributed by atoms with Gasteiger partial charge in [-0.05, 0) is 43.2 Å². The van der Waals surface area contributed by atoms with Gasteiger partial charge >= 0.3 is 5.76 Å². The summed E-state index contributed by atoms with van der Waals surface area (Å²) in [6.07, 6.45) is 0.138. The van der Waals surface area contributed by atoms with Crippen molar-refractivity contribution in [2.45, 2.75) is 20.3 Å². The van der Waals surface area contributed by atoms with Gasteiger partial charge in [-0.15, -0.1) is 0 Å². The maximum atomic E-state index is 12.3. The van der Waals surface area contributed by atoms with Crippen LogP contribution < -0.4 is 11.1 Å². The molecule has 0 radical (unpaired) electrons. The summed E-state index contributed by atoms with van der Waals surface area (Å²) < 4.78 is 6.54. The van der Waals surface area contributed by atoms with Crippen LogP contribution in [-0.4, -0.2) is 15.5 Å². The van der Waals surface area contributed by atoms with Gasteiger partial charge in [0.1, 0.15) is 5.82 Å². The van der Waals surface area contributed by atoms with Crippen LogP contribution in [0, 0.1) is 13.8 Å². The number of rotatable bonds is 3. The Labute approximate surface area is 132 Å². The minimum atomic E-state index is -0.441. The smallest absolute Gasteiger partial charge is 0.408 e. The lowest BCUT2D eigenvalue weighted by atomic mass is 10.1. The number of nitrogens with zero attached hydrogens (tertiary/aromatic N) is 2. The minimum Gasteiger partial charge on any atom is -0.408 e. The van der Waals surface area contributed by atoms with E-state index in [-0.39, 0.29) is 12.3 Å². The molecular formula is C17H17N3O3. The van der Waals surface area contributed by atoms with E-state index in [1.807, 2.05) is 32.0 Å². The molecule has 0 aliphatic carbocycles. The number of carbonyl (C=O) groups is 1. The number of carbonyl (C=O) groups excluding carboxylic acids is 1. The molecule has 23 heavy (non-hydrogen) atoms. The topological polar surface area (TPSA) is 77.1 Å². The van der Waals surface area contributed by atoms with E-state index in [0.717, 1.165) is 16.8 Å². The molecule has 0 atom stereocenters. The molecule has 0 spiro atoms. The fraction of sp³-hybridized carbons (Fsp3) is 0.235. The predicted molar refractivity (Wildman–Crippen MR) is 87.5 cm³/mol. The molecular weight excluding hydrogens is 294 g/mol.